The van der Waals surface area contributed by atoms with Gasteiger partial charge in [-0.05, 0) is 43.7 Å². The van der Waals surface area contributed by atoms with Gasteiger partial charge in [-0.25, -0.2) is 0 Å². The fourth-order valence-corrected chi connectivity index (χ4v) is 2.66. The molecule has 1 aliphatic carbocycles. The Balaban J connectivity index is 1.85. The summed E-state index contributed by atoms with van der Waals surface area (Å²) in [5.41, 5.74) is 1.34. The molecule has 0 bridgehead atoms. The Morgan fingerprint density at radius 2 is 1.77 bits per heavy atom. The lowest BCUT2D eigenvalue weighted by Gasteiger charge is -2.22. The highest BCUT2D eigenvalue weighted by molar-refractivity contribution is 5.96. The molecular weight excluding hydrogens is 278 g/mol. The molecule has 3 N–H and O–H groups in total. The monoisotopic (exact) mass is 303 g/mol. The third kappa shape index (κ3) is 5.15. The molecule has 0 spiro atoms. The van der Waals surface area contributed by atoms with Gasteiger partial charge in [-0.2, -0.15) is 0 Å². The Bertz CT molecular complexity index is 493. The molecular formula is C17H25N3O2. The van der Waals surface area contributed by atoms with E-state index in [1.807, 2.05) is 6.92 Å². The van der Waals surface area contributed by atoms with Crippen molar-refractivity contribution in [3.05, 3.63) is 29.8 Å². The highest BCUT2D eigenvalue weighted by Crippen LogP contribution is 2.18. The number of hydrogen-bond donors (Lipinski definition) is 3. The first-order chi connectivity index (χ1) is 10.7. The Kier molecular flexibility index (Phi) is 6.40. The molecule has 1 aliphatic rings. The Labute approximate surface area is 131 Å². The first-order valence-corrected chi connectivity index (χ1v) is 8.10. The maximum atomic E-state index is 12.2. The molecule has 2 amide bonds. The van der Waals surface area contributed by atoms with Gasteiger partial charge in [0, 0.05) is 17.3 Å². The zero-order chi connectivity index (χ0) is 15.8. The highest BCUT2D eigenvalue weighted by atomic mass is 16.2. The predicted octanol–water partition coefficient (Wildman–Crippen LogP) is 2.30. The van der Waals surface area contributed by atoms with Crippen LogP contribution in [0.25, 0.3) is 0 Å². The van der Waals surface area contributed by atoms with E-state index in [9.17, 15) is 9.59 Å². The summed E-state index contributed by atoms with van der Waals surface area (Å²) in [6, 6.07) is 7.34. The quantitative estimate of drug-likeness (QED) is 0.755. The summed E-state index contributed by atoms with van der Waals surface area (Å²) < 4.78 is 0. The summed E-state index contributed by atoms with van der Waals surface area (Å²) >= 11 is 0. The number of hydrogen-bond acceptors (Lipinski definition) is 3. The van der Waals surface area contributed by atoms with Crippen molar-refractivity contribution in [3.8, 4) is 0 Å². The summed E-state index contributed by atoms with van der Waals surface area (Å²) in [5, 5.41) is 8.85. The van der Waals surface area contributed by atoms with Gasteiger partial charge < -0.3 is 16.0 Å². The van der Waals surface area contributed by atoms with Crippen LogP contribution < -0.4 is 16.0 Å². The molecule has 5 heteroatoms. The molecule has 1 fully saturated rings. The second kappa shape index (κ2) is 8.54. The zero-order valence-corrected chi connectivity index (χ0v) is 13.2. The molecule has 0 saturated heterocycles. The maximum Gasteiger partial charge on any atom is 0.251 e. The summed E-state index contributed by atoms with van der Waals surface area (Å²) in [4.78, 5) is 23.8. The standard InChI is InChI=1S/C17H25N3O2/c1-2-18-12-16(21)19-15-10-8-13(9-11-15)17(22)20-14-6-4-3-5-7-14/h8-11,14,18H,2-7,12H2,1H3,(H,19,21)(H,20,22). The molecule has 0 aromatic heterocycles. The second-order valence-electron chi connectivity index (χ2n) is 5.71. The molecule has 0 radical (unpaired) electrons. The minimum Gasteiger partial charge on any atom is -0.349 e. The molecule has 0 heterocycles. The molecule has 1 saturated carbocycles. The highest BCUT2D eigenvalue weighted by Gasteiger charge is 2.16. The number of nitrogens with one attached hydrogen (secondary N) is 3. The lowest BCUT2D eigenvalue weighted by Crippen LogP contribution is -2.36. The van der Waals surface area contributed by atoms with Crippen LogP contribution in [0.3, 0.4) is 0 Å². The van der Waals surface area contributed by atoms with Crippen LogP contribution in [0.4, 0.5) is 5.69 Å². The van der Waals surface area contributed by atoms with Crippen molar-refractivity contribution in [2.45, 2.75) is 45.1 Å². The van der Waals surface area contributed by atoms with E-state index in [4.69, 9.17) is 0 Å². The molecule has 120 valence electrons. The van der Waals surface area contributed by atoms with E-state index in [1.54, 1.807) is 24.3 Å². The van der Waals surface area contributed by atoms with Gasteiger partial charge in [0.1, 0.15) is 0 Å². The van der Waals surface area contributed by atoms with Crippen molar-refractivity contribution in [3.63, 3.8) is 0 Å². The minimum atomic E-state index is -0.0822. The summed E-state index contributed by atoms with van der Waals surface area (Å²) in [6.45, 7) is 3.00. The smallest absolute Gasteiger partial charge is 0.251 e. The van der Waals surface area contributed by atoms with Crippen LogP contribution in [-0.4, -0.2) is 30.9 Å². The van der Waals surface area contributed by atoms with Crippen LogP contribution >= 0.6 is 0 Å². The zero-order valence-electron chi connectivity index (χ0n) is 13.2. The van der Waals surface area contributed by atoms with Crippen LogP contribution in [0.1, 0.15) is 49.4 Å². The van der Waals surface area contributed by atoms with Crippen molar-refractivity contribution >= 4 is 17.5 Å². The molecule has 0 aliphatic heterocycles. The predicted molar refractivity (Wildman–Crippen MR) is 88.0 cm³/mol. The number of carbonyl (C=O) groups excluding carboxylic acids is 2. The van der Waals surface area contributed by atoms with Crippen LogP contribution in [-0.2, 0) is 4.79 Å². The molecule has 1 aromatic carbocycles. The van der Waals surface area contributed by atoms with Crippen molar-refractivity contribution in [1.29, 1.82) is 0 Å². The fourth-order valence-electron chi connectivity index (χ4n) is 2.66. The van der Waals surface area contributed by atoms with E-state index in [-0.39, 0.29) is 11.8 Å². The molecule has 22 heavy (non-hydrogen) atoms. The van der Waals surface area contributed by atoms with E-state index in [0.717, 1.165) is 19.4 Å². The molecule has 1 aromatic rings. The molecule has 5 nitrogen and oxygen atoms in total. The Morgan fingerprint density at radius 3 is 2.41 bits per heavy atom. The molecule has 0 atom stereocenters. The number of amides is 2. The average Bonchev–Trinajstić information content (AvgIpc) is 2.54. The van der Waals surface area contributed by atoms with Gasteiger partial charge in [0.2, 0.25) is 5.91 Å². The van der Waals surface area contributed by atoms with Crippen molar-refractivity contribution in [1.82, 2.24) is 10.6 Å². The van der Waals surface area contributed by atoms with Crippen LogP contribution in [0.2, 0.25) is 0 Å². The normalized spacial score (nSPS) is 15.3. The minimum absolute atomic E-state index is 0.0302. The van der Waals surface area contributed by atoms with E-state index >= 15 is 0 Å². The topological polar surface area (TPSA) is 70.2 Å². The first kappa shape index (κ1) is 16.5. The van der Waals surface area contributed by atoms with Crippen molar-refractivity contribution in [2.24, 2.45) is 0 Å². The van der Waals surface area contributed by atoms with Crippen molar-refractivity contribution in [2.75, 3.05) is 18.4 Å². The molecule has 0 unspecified atom stereocenters. The van der Waals surface area contributed by atoms with Crippen molar-refractivity contribution < 1.29 is 9.59 Å². The number of anilines is 1. The van der Waals surface area contributed by atoms with Crippen LogP contribution in [0, 0.1) is 0 Å². The van der Waals surface area contributed by atoms with Gasteiger partial charge >= 0.3 is 0 Å². The fraction of sp³-hybridized carbons (Fsp3) is 0.529. The SMILES string of the molecule is CCNCC(=O)Nc1ccc(C(=O)NC2CCCCC2)cc1. The average molecular weight is 303 g/mol. The van der Waals surface area contributed by atoms with E-state index in [2.05, 4.69) is 16.0 Å². The number of benzene rings is 1. The van der Waals surface area contributed by atoms with Gasteiger partial charge in [0.25, 0.3) is 5.91 Å². The van der Waals surface area contributed by atoms with E-state index < -0.39 is 0 Å². The maximum absolute atomic E-state index is 12.2. The Morgan fingerprint density at radius 1 is 1.09 bits per heavy atom. The largest absolute Gasteiger partial charge is 0.349 e. The van der Waals surface area contributed by atoms with Crippen LogP contribution in [0.15, 0.2) is 24.3 Å². The summed E-state index contributed by atoms with van der Waals surface area (Å²) in [7, 11) is 0. The summed E-state index contributed by atoms with van der Waals surface area (Å²) in [6.07, 6.45) is 5.81. The first-order valence-electron chi connectivity index (χ1n) is 8.10. The third-order valence-corrected chi connectivity index (χ3v) is 3.91. The summed E-state index contributed by atoms with van der Waals surface area (Å²) in [5.74, 6) is -0.112. The number of likely N-dealkylation sites (N-methyl/N-ethyl adjacent to an activating group) is 1. The number of carbonyl (C=O) groups is 2. The third-order valence-electron chi connectivity index (χ3n) is 3.91. The lowest BCUT2D eigenvalue weighted by molar-refractivity contribution is -0.115. The van der Waals surface area contributed by atoms with Gasteiger partial charge in [-0.3, -0.25) is 9.59 Å². The van der Waals surface area contributed by atoms with E-state index in [1.165, 1.54) is 19.3 Å². The van der Waals surface area contributed by atoms with Crippen LogP contribution in [0.5, 0.6) is 0 Å². The number of rotatable bonds is 6. The van der Waals surface area contributed by atoms with E-state index in [0.29, 0.717) is 23.8 Å². The van der Waals surface area contributed by atoms with Gasteiger partial charge in [0.05, 0.1) is 6.54 Å². The van der Waals surface area contributed by atoms with Gasteiger partial charge in [-0.1, -0.05) is 26.2 Å². The second-order valence-corrected chi connectivity index (χ2v) is 5.71. The van der Waals surface area contributed by atoms with Gasteiger partial charge in [-0.15, -0.1) is 0 Å². The Hall–Kier alpha value is -1.88. The van der Waals surface area contributed by atoms with Gasteiger partial charge in [0.15, 0.2) is 0 Å². The molecule has 2 rings (SSSR count). The lowest BCUT2D eigenvalue weighted by atomic mass is 9.95.